The largest absolute Gasteiger partial charge is 0.399 e. The van der Waals surface area contributed by atoms with E-state index in [1.807, 2.05) is 12.1 Å². The summed E-state index contributed by atoms with van der Waals surface area (Å²) in [7, 11) is 0. The number of aliphatic hydroxyl groups excluding tert-OH is 1. The van der Waals surface area contributed by atoms with E-state index < -0.39 is 0 Å². The van der Waals surface area contributed by atoms with Crippen LogP contribution in [0.3, 0.4) is 0 Å². The lowest BCUT2D eigenvalue weighted by Gasteiger charge is -2.26. The molecule has 0 saturated carbocycles. The second-order valence-corrected chi connectivity index (χ2v) is 4.55. The average Bonchev–Trinajstić information content (AvgIpc) is 2.22. The minimum absolute atomic E-state index is 0.151. The first kappa shape index (κ1) is 13.3. The van der Waals surface area contributed by atoms with Crippen LogP contribution in [0.5, 0.6) is 0 Å². The fourth-order valence-electron chi connectivity index (χ4n) is 1.58. The quantitative estimate of drug-likeness (QED) is 0.778. The van der Waals surface area contributed by atoms with E-state index in [9.17, 15) is 0 Å². The third-order valence-corrected chi connectivity index (χ3v) is 2.93. The second-order valence-electron chi connectivity index (χ2n) is 4.14. The second kappa shape index (κ2) is 6.09. The van der Waals surface area contributed by atoms with Gasteiger partial charge in [-0.05, 0) is 37.6 Å². The molecule has 0 aliphatic heterocycles. The van der Waals surface area contributed by atoms with Crippen LogP contribution in [0.1, 0.15) is 19.4 Å². The Kier molecular flexibility index (Phi) is 5.06. The molecule has 0 saturated heterocycles. The standard InChI is InChI=1S/C12H19ClN2O/c1-9(2)15(5-6-16)8-10-7-11(14)3-4-12(10)13/h3-4,7,9,16H,5-6,8,14H2,1-2H3. The van der Waals surface area contributed by atoms with Gasteiger partial charge in [0.05, 0.1) is 6.61 Å². The van der Waals surface area contributed by atoms with Crippen molar-refractivity contribution < 1.29 is 5.11 Å². The Morgan fingerprint density at radius 3 is 2.69 bits per heavy atom. The normalized spacial score (nSPS) is 11.4. The summed E-state index contributed by atoms with van der Waals surface area (Å²) >= 11 is 6.10. The SMILES string of the molecule is CC(C)N(CCO)Cc1cc(N)ccc1Cl. The van der Waals surface area contributed by atoms with Crippen LogP contribution in [0.15, 0.2) is 18.2 Å². The fourth-order valence-corrected chi connectivity index (χ4v) is 1.76. The molecule has 1 aromatic rings. The summed E-state index contributed by atoms with van der Waals surface area (Å²) in [5.41, 5.74) is 7.45. The van der Waals surface area contributed by atoms with Crippen molar-refractivity contribution in [1.82, 2.24) is 4.90 Å². The summed E-state index contributed by atoms with van der Waals surface area (Å²) in [5, 5.41) is 9.71. The molecule has 0 aliphatic rings. The monoisotopic (exact) mass is 242 g/mol. The van der Waals surface area contributed by atoms with E-state index in [4.69, 9.17) is 22.4 Å². The van der Waals surface area contributed by atoms with Crippen LogP contribution >= 0.6 is 11.6 Å². The van der Waals surface area contributed by atoms with Gasteiger partial charge in [-0.25, -0.2) is 0 Å². The minimum Gasteiger partial charge on any atom is -0.399 e. The number of rotatable bonds is 5. The number of nitrogens with two attached hydrogens (primary N) is 1. The maximum Gasteiger partial charge on any atom is 0.0558 e. The first-order valence-corrected chi connectivity index (χ1v) is 5.81. The molecule has 90 valence electrons. The molecule has 0 aromatic heterocycles. The summed E-state index contributed by atoms with van der Waals surface area (Å²) in [4.78, 5) is 2.15. The zero-order valence-electron chi connectivity index (χ0n) is 9.78. The molecule has 1 rings (SSSR count). The molecule has 0 fully saturated rings. The molecule has 0 bridgehead atoms. The number of hydrogen-bond acceptors (Lipinski definition) is 3. The van der Waals surface area contributed by atoms with Crippen molar-refractivity contribution in [3.05, 3.63) is 28.8 Å². The van der Waals surface area contributed by atoms with E-state index in [1.165, 1.54) is 0 Å². The predicted molar refractivity (Wildman–Crippen MR) is 68.5 cm³/mol. The lowest BCUT2D eigenvalue weighted by molar-refractivity contribution is 0.159. The lowest BCUT2D eigenvalue weighted by Crippen LogP contribution is -2.33. The van der Waals surface area contributed by atoms with Crippen LogP contribution in [0.25, 0.3) is 0 Å². The van der Waals surface area contributed by atoms with Gasteiger partial charge in [0.15, 0.2) is 0 Å². The van der Waals surface area contributed by atoms with Crippen molar-refractivity contribution in [2.24, 2.45) is 0 Å². The fraction of sp³-hybridized carbons (Fsp3) is 0.500. The Balaban J connectivity index is 2.80. The zero-order valence-corrected chi connectivity index (χ0v) is 10.5. The van der Waals surface area contributed by atoms with Crippen LogP contribution < -0.4 is 5.73 Å². The van der Waals surface area contributed by atoms with Crippen molar-refractivity contribution >= 4 is 17.3 Å². The molecule has 0 radical (unpaired) electrons. The summed E-state index contributed by atoms with van der Waals surface area (Å²) in [6.45, 7) is 5.69. The van der Waals surface area contributed by atoms with E-state index in [1.54, 1.807) is 6.07 Å². The van der Waals surface area contributed by atoms with Gasteiger partial charge in [0.2, 0.25) is 0 Å². The number of anilines is 1. The van der Waals surface area contributed by atoms with Crippen molar-refractivity contribution in [1.29, 1.82) is 0 Å². The molecule has 1 aromatic carbocycles. The van der Waals surface area contributed by atoms with E-state index in [2.05, 4.69) is 18.7 Å². The van der Waals surface area contributed by atoms with E-state index in [0.29, 0.717) is 24.8 Å². The minimum atomic E-state index is 0.151. The number of benzene rings is 1. The van der Waals surface area contributed by atoms with Gasteiger partial charge in [-0.1, -0.05) is 11.6 Å². The van der Waals surface area contributed by atoms with Gasteiger partial charge >= 0.3 is 0 Å². The van der Waals surface area contributed by atoms with Crippen LogP contribution in [-0.4, -0.2) is 29.2 Å². The van der Waals surface area contributed by atoms with Gasteiger partial charge < -0.3 is 10.8 Å². The number of nitrogens with zero attached hydrogens (tertiary/aromatic N) is 1. The summed E-state index contributed by atoms with van der Waals surface area (Å²) in [6.07, 6.45) is 0. The lowest BCUT2D eigenvalue weighted by atomic mass is 10.1. The predicted octanol–water partition coefficient (Wildman–Crippen LogP) is 2.12. The van der Waals surface area contributed by atoms with Crippen molar-refractivity contribution in [2.75, 3.05) is 18.9 Å². The highest BCUT2D eigenvalue weighted by Crippen LogP contribution is 2.21. The molecule has 0 unspecified atom stereocenters. The maximum atomic E-state index is 8.99. The Morgan fingerprint density at radius 1 is 1.44 bits per heavy atom. The van der Waals surface area contributed by atoms with Crippen LogP contribution in [0.4, 0.5) is 5.69 Å². The van der Waals surface area contributed by atoms with Crippen molar-refractivity contribution in [3.63, 3.8) is 0 Å². The van der Waals surface area contributed by atoms with Crippen LogP contribution in [-0.2, 0) is 6.54 Å². The molecule has 3 N–H and O–H groups in total. The molecule has 0 atom stereocenters. The highest BCUT2D eigenvalue weighted by atomic mass is 35.5. The Hall–Kier alpha value is -0.770. The summed E-state index contributed by atoms with van der Waals surface area (Å²) < 4.78 is 0. The van der Waals surface area contributed by atoms with Crippen molar-refractivity contribution in [2.45, 2.75) is 26.4 Å². The topological polar surface area (TPSA) is 49.5 Å². The van der Waals surface area contributed by atoms with Gasteiger partial charge in [0.1, 0.15) is 0 Å². The van der Waals surface area contributed by atoms with Gasteiger partial charge in [0.25, 0.3) is 0 Å². The molecule has 0 aliphatic carbocycles. The average molecular weight is 243 g/mol. The molecule has 0 heterocycles. The van der Waals surface area contributed by atoms with Crippen LogP contribution in [0.2, 0.25) is 5.02 Å². The van der Waals surface area contributed by atoms with Crippen LogP contribution in [0, 0.1) is 0 Å². The summed E-state index contributed by atoms with van der Waals surface area (Å²) in [5.74, 6) is 0. The summed E-state index contributed by atoms with van der Waals surface area (Å²) in [6, 6.07) is 5.85. The Bertz CT molecular complexity index is 342. The first-order valence-electron chi connectivity index (χ1n) is 5.43. The molecular formula is C12H19ClN2O. The van der Waals surface area contributed by atoms with Gasteiger partial charge in [-0.3, -0.25) is 4.90 Å². The third-order valence-electron chi connectivity index (χ3n) is 2.56. The van der Waals surface area contributed by atoms with Gasteiger partial charge in [-0.15, -0.1) is 0 Å². The molecule has 0 spiro atoms. The van der Waals surface area contributed by atoms with Gasteiger partial charge in [-0.2, -0.15) is 0 Å². The van der Waals surface area contributed by atoms with Gasteiger partial charge in [0, 0.05) is 29.8 Å². The molecule has 16 heavy (non-hydrogen) atoms. The number of aliphatic hydroxyl groups is 1. The maximum absolute atomic E-state index is 8.99. The molecule has 0 amide bonds. The highest BCUT2D eigenvalue weighted by Gasteiger charge is 2.11. The Morgan fingerprint density at radius 2 is 2.12 bits per heavy atom. The van der Waals surface area contributed by atoms with E-state index >= 15 is 0 Å². The van der Waals surface area contributed by atoms with Crippen molar-refractivity contribution in [3.8, 4) is 0 Å². The smallest absolute Gasteiger partial charge is 0.0558 e. The van der Waals surface area contributed by atoms with E-state index in [-0.39, 0.29) is 6.61 Å². The first-order chi connectivity index (χ1) is 7.54. The van der Waals surface area contributed by atoms with E-state index in [0.717, 1.165) is 10.6 Å². The number of nitrogen functional groups attached to an aromatic ring is 1. The number of halogens is 1. The molecule has 3 nitrogen and oxygen atoms in total. The highest BCUT2D eigenvalue weighted by molar-refractivity contribution is 6.31. The third kappa shape index (κ3) is 3.67. The number of hydrogen-bond donors (Lipinski definition) is 2. The zero-order chi connectivity index (χ0) is 12.1. The molecular weight excluding hydrogens is 224 g/mol. The Labute approximate surface area is 102 Å². The molecule has 4 heteroatoms.